The van der Waals surface area contributed by atoms with Crippen LogP contribution in [0.4, 0.5) is 10.3 Å². The van der Waals surface area contributed by atoms with E-state index in [4.69, 9.17) is 10.5 Å². The van der Waals surface area contributed by atoms with E-state index >= 15 is 0 Å². The lowest BCUT2D eigenvalue weighted by atomic mass is 10.0. The van der Waals surface area contributed by atoms with Gasteiger partial charge >= 0.3 is 5.97 Å². The molecule has 7 nitrogen and oxygen atoms in total. The van der Waals surface area contributed by atoms with Crippen LogP contribution in [0.3, 0.4) is 0 Å². The maximum Gasteiger partial charge on any atom is 0.336 e. The van der Waals surface area contributed by atoms with Gasteiger partial charge in [0, 0.05) is 23.4 Å². The molecule has 0 fully saturated rings. The highest BCUT2D eigenvalue weighted by Gasteiger charge is 2.18. The van der Waals surface area contributed by atoms with Crippen LogP contribution < -0.4 is 10.5 Å². The van der Waals surface area contributed by atoms with Crippen molar-refractivity contribution in [2.24, 2.45) is 0 Å². The van der Waals surface area contributed by atoms with Gasteiger partial charge in [-0.2, -0.15) is 4.98 Å². The van der Waals surface area contributed by atoms with Gasteiger partial charge in [-0.15, -0.1) is 5.10 Å². The predicted octanol–water partition coefficient (Wildman–Crippen LogP) is 1.82. The van der Waals surface area contributed by atoms with Crippen molar-refractivity contribution >= 4 is 17.6 Å². The van der Waals surface area contributed by atoms with E-state index in [0.717, 1.165) is 0 Å². The molecule has 0 amide bonds. The number of nitrogens with two attached hydrogens (primary N) is 1. The first-order chi connectivity index (χ1) is 10.5. The number of carboxylic acid groups (broad SMARTS) is 1. The summed E-state index contributed by atoms with van der Waals surface area (Å²) in [4.78, 5) is 15.3. The summed E-state index contributed by atoms with van der Waals surface area (Å²) in [5.74, 6) is -1.46. The summed E-state index contributed by atoms with van der Waals surface area (Å²) in [5, 5.41) is 13.3. The van der Waals surface area contributed by atoms with E-state index in [2.05, 4.69) is 10.1 Å². The normalized spacial score (nSPS) is 10.8. The monoisotopic (exact) mass is 302 g/mol. The number of nitrogens with zero attached hydrogens (tertiary/aromatic N) is 3. The molecule has 112 valence electrons. The van der Waals surface area contributed by atoms with E-state index in [9.17, 15) is 14.3 Å². The second-order valence-electron chi connectivity index (χ2n) is 4.52. The van der Waals surface area contributed by atoms with E-state index in [1.807, 2.05) is 0 Å². The van der Waals surface area contributed by atoms with Gasteiger partial charge in [-0.3, -0.25) is 0 Å². The average Bonchev–Trinajstić information content (AvgIpc) is 2.84. The number of hydrogen-bond donors (Lipinski definition) is 2. The van der Waals surface area contributed by atoms with Gasteiger partial charge in [0.2, 0.25) is 5.95 Å². The second-order valence-corrected chi connectivity index (χ2v) is 4.52. The van der Waals surface area contributed by atoms with E-state index < -0.39 is 11.8 Å². The first-order valence-corrected chi connectivity index (χ1v) is 6.22. The van der Waals surface area contributed by atoms with Gasteiger partial charge in [-0.1, -0.05) is 0 Å². The summed E-state index contributed by atoms with van der Waals surface area (Å²) in [6.45, 7) is 0. The third kappa shape index (κ3) is 2.20. The number of aromatic nitrogens is 3. The molecule has 1 aromatic carbocycles. The molecule has 3 rings (SSSR count). The van der Waals surface area contributed by atoms with Crippen molar-refractivity contribution in [1.82, 2.24) is 14.6 Å². The molecule has 3 aromatic rings. The third-order valence-electron chi connectivity index (χ3n) is 3.19. The van der Waals surface area contributed by atoms with Crippen molar-refractivity contribution in [3.05, 3.63) is 41.8 Å². The van der Waals surface area contributed by atoms with Gasteiger partial charge in [0.05, 0.1) is 12.7 Å². The van der Waals surface area contributed by atoms with Gasteiger partial charge in [-0.25, -0.2) is 13.7 Å². The van der Waals surface area contributed by atoms with Crippen LogP contribution in [0.15, 0.2) is 30.5 Å². The first-order valence-electron chi connectivity index (χ1n) is 6.22. The summed E-state index contributed by atoms with van der Waals surface area (Å²) in [6, 6.07) is 5.47. The number of carbonyl (C=O) groups is 1. The third-order valence-corrected chi connectivity index (χ3v) is 3.19. The molecule has 2 heterocycles. The number of halogens is 1. The van der Waals surface area contributed by atoms with Gasteiger partial charge in [0.1, 0.15) is 11.6 Å². The Labute approximate surface area is 123 Å². The Kier molecular flexibility index (Phi) is 3.13. The zero-order valence-electron chi connectivity index (χ0n) is 11.4. The number of nitrogen functional groups attached to an aromatic ring is 1. The molecule has 0 atom stereocenters. The summed E-state index contributed by atoms with van der Waals surface area (Å²) in [7, 11) is 1.42. The number of methoxy groups -OCH3 is 1. The molecule has 0 spiro atoms. The molecule has 0 aliphatic carbocycles. The van der Waals surface area contributed by atoms with Gasteiger partial charge in [0.15, 0.2) is 5.65 Å². The molecular formula is C14H11FN4O3. The number of hydrogen-bond acceptors (Lipinski definition) is 5. The zero-order valence-corrected chi connectivity index (χ0v) is 11.4. The number of aromatic carboxylic acids is 1. The SMILES string of the molecule is COc1ccc(-c2cn3nc(N)nc3cc2C(=O)O)c(F)c1. The first kappa shape index (κ1) is 13.8. The Balaban J connectivity index is 2.28. The van der Waals surface area contributed by atoms with Crippen molar-refractivity contribution in [1.29, 1.82) is 0 Å². The molecule has 0 saturated carbocycles. The quantitative estimate of drug-likeness (QED) is 0.765. The van der Waals surface area contributed by atoms with Crippen molar-refractivity contribution < 1.29 is 19.0 Å². The van der Waals surface area contributed by atoms with E-state index in [-0.39, 0.29) is 28.3 Å². The summed E-state index contributed by atoms with van der Waals surface area (Å²) in [6.07, 6.45) is 1.38. The molecule has 3 N–H and O–H groups in total. The highest BCUT2D eigenvalue weighted by molar-refractivity contribution is 5.97. The highest BCUT2D eigenvalue weighted by Crippen LogP contribution is 2.29. The number of anilines is 1. The lowest BCUT2D eigenvalue weighted by Crippen LogP contribution is -2.03. The van der Waals surface area contributed by atoms with Crippen molar-refractivity contribution in [2.75, 3.05) is 12.8 Å². The van der Waals surface area contributed by atoms with E-state index in [0.29, 0.717) is 5.75 Å². The molecule has 0 saturated heterocycles. The van der Waals surface area contributed by atoms with Crippen LogP contribution in [-0.2, 0) is 0 Å². The van der Waals surface area contributed by atoms with Crippen LogP contribution in [0.2, 0.25) is 0 Å². The largest absolute Gasteiger partial charge is 0.497 e. The molecule has 0 bridgehead atoms. The lowest BCUT2D eigenvalue weighted by Gasteiger charge is -2.09. The fourth-order valence-electron chi connectivity index (χ4n) is 2.18. The Morgan fingerprint density at radius 3 is 2.77 bits per heavy atom. The van der Waals surface area contributed by atoms with Gasteiger partial charge < -0.3 is 15.6 Å². The molecular weight excluding hydrogens is 291 g/mol. The summed E-state index contributed by atoms with van der Waals surface area (Å²) in [5.41, 5.74) is 5.96. The summed E-state index contributed by atoms with van der Waals surface area (Å²) < 4.78 is 20.5. The maximum absolute atomic E-state index is 14.2. The zero-order chi connectivity index (χ0) is 15.9. The smallest absolute Gasteiger partial charge is 0.336 e. The Hall–Kier alpha value is -3.16. The Morgan fingerprint density at radius 2 is 2.14 bits per heavy atom. The standard InChI is InChI=1S/C14H11FN4O3/c1-22-7-2-3-8(11(15)4-7)10-6-19-12(17-14(16)18-19)5-9(10)13(20)21/h2-6H,1H3,(H2,16,18)(H,20,21). The Morgan fingerprint density at radius 1 is 1.36 bits per heavy atom. The number of fused-ring (bicyclic) bond motifs is 1. The molecule has 0 aliphatic rings. The van der Waals surface area contributed by atoms with E-state index in [1.165, 1.54) is 36.0 Å². The minimum absolute atomic E-state index is 0.00342. The minimum atomic E-state index is -1.20. The van der Waals surface area contributed by atoms with Crippen LogP contribution in [0.25, 0.3) is 16.8 Å². The number of ether oxygens (including phenoxy) is 1. The van der Waals surface area contributed by atoms with Crippen LogP contribution in [-0.4, -0.2) is 32.8 Å². The number of rotatable bonds is 3. The number of carboxylic acids is 1. The molecule has 2 aromatic heterocycles. The highest BCUT2D eigenvalue weighted by atomic mass is 19.1. The molecule has 8 heteroatoms. The minimum Gasteiger partial charge on any atom is -0.497 e. The van der Waals surface area contributed by atoms with Crippen LogP contribution in [0.5, 0.6) is 5.75 Å². The van der Waals surface area contributed by atoms with Crippen LogP contribution in [0.1, 0.15) is 10.4 Å². The Bertz CT molecular complexity index is 891. The fraction of sp³-hybridized carbons (Fsp3) is 0.0714. The molecule has 0 aliphatic heterocycles. The van der Waals surface area contributed by atoms with Gasteiger partial charge in [-0.05, 0) is 18.2 Å². The van der Waals surface area contributed by atoms with Crippen molar-refractivity contribution in [3.8, 4) is 16.9 Å². The average molecular weight is 302 g/mol. The fourth-order valence-corrected chi connectivity index (χ4v) is 2.18. The second kappa shape index (κ2) is 4.99. The van der Waals surface area contributed by atoms with Gasteiger partial charge in [0.25, 0.3) is 0 Å². The molecule has 0 radical (unpaired) electrons. The maximum atomic E-state index is 14.2. The van der Waals surface area contributed by atoms with Crippen molar-refractivity contribution in [3.63, 3.8) is 0 Å². The molecule has 22 heavy (non-hydrogen) atoms. The number of benzene rings is 1. The van der Waals surface area contributed by atoms with Crippen LogP contribution >= 0.6 is 0 Å². The van der Waals surface area contributed by atoms with E-state index in [1.54, 1.807) is 6.07 Å². The topological polar surface area (TPSA) is 103 Å². The lowest BCUT2D eigenvalue weighted by molar-refractivity contribution is 0.0697. The number of pyridine rings is 1. The predicted molar refractivity (Wildman–Crippen MR) is 76.3 cm³/mol. The molecule has 0 unspecified atom stereocenters. The van der Waals surface area contributed by atoms with Crippen molar-refractivity contribution in [2.45, 2.75) is 0 Å². The summed E-state index contributed by atoms with van der Waals surface area (Å²) >= 11 is 0. The van der Waals surface area contributed by atoms with Crippen LogP contribution in [0, 0.1) is 5.82 Å².